The van der Waals surface area contributed by atoms with E-state index in [1.807, 2.05) is 12.1 Å². The van der Waals surface area contributed by atoms with Crippen LogP contribution in [0.4, 0.5) is 13.2 Å². The Bertz CT molecular complexity index is 735. The average molecular weight is 387 g/mol. The summed E-state index contributed by atoms with van der Waals surface area (Å²) >= 11 is 5.93. The van der Waals surface area contributed by atoms with Crippen molar-refractivity contribution in [3.63, 3.8) is 0 Å². The number of halogens is 4. The molecule has 0 spiro atoms. The van der Waals surface area contributed by atoms with Crippen molar-refractivity contribution in [1.29, 1.82) is 0 Å². The maximum Gasteiger partial charge on any atom is 0.417 e. The first-order chi connectivity index (χ1) is 12.3. The van der Waals surface area contributed by atoms with Gasteiger partial charge in [0.25, 0.3) is 0 Å². The molecule has 141 valence electrons. The van der Waals surface area contributed by atoms with E-state index < -0.39 is 11.7 Å². The molecule has 0 aliphatic rings. The zero-order chi connectivity index (χ0) is 19.2. The molecule has 0 N–H and O–H groups in total. The molecule has 7 heteroatoms. The summed E-state index contributed by atoms with van der Waals surface area (Å²) in [6.07, 6.45) is -0.606. The van der Waals surface area contributed by atoms with Gasteiger partial charge in [0, 0.05) is 12.3 Å². The summed E-state index contributed by atoms with van der Waals surface area (Å²) in [5, 5.41) is -0.210. The van der Waals surface area contributed by atoms with Gasteiger partial charge in [0.15, 0.2) is 0 Å². The molecule has 0 fully saturated rings. The topological polar surface area (TPSA) is 31.4 Å². The van der Waals surface area contributed by atoms with Gasteiger partial charge in [0.1, 0.15) is 16.5 Å². The molecule has 0 saturated carbocycles. The van der Waals surface area contributed by atoms with Gasteiger partial charge in [-0.25, -0.2) is 4.98 Å². The third-order valence-electron chi connectivity index (χ3n) is 3.59. The number of hydrogen-bond acceptors (Lipinski definition) is 3. The first-order valence-electron chi connectivity index (χ1n) is 8.30. The summed E-state index contributed by atoms with van der Waals surface area (Å²) in [6.45, 7) is 6.45. The second-order valence-corrected chi connectivity index (χ2v) is 6.09. The third-order valence-corrected chi connectivity index (χ3v) is 3.86. The molecule has 2 rings (SSSR count). The fourth-order valence-electron chi connectivity index (χ4n) is 2.21. The highest BCUT2D eigenvalue weighted by molar-refractivity contribution is 6.31. The molecule has 0 amide bonds. The van der Waals surface area contributed by atoms with Crippen molar-refractivity contribution in [2.24, 2.45) is 0 Å². The Morgan fingerprint density at radius 3 is 2.62 bits per heavy atom. The maximum absolute atomic E-state index is 12.7. The van der Waals surface area contributed by atoms with Crippen LogP contribution in [0.25, 0.3) is 0 Å². The number of benzene rings is 1. The lowest BCUT2D eigenvalue weighted by atomic mass is 10.1. The number of rotatable bonds is 8. The zero-order valence-electron chi connectivity index (χ0n) is 14.4. The van der Waals surface area contributed by atoms with Gasteiger partial charge in [-0.2, -0.15) is 13.2 Å². The van der Waals surface area contributed by atoms with Crippen molar-refractivity contribution in [3.8, 4) is 17.4 Å². The Morgan fingerprint density at radius 1 is 1.23 bits per heavy atom. The molecule has 0 unspecified atom stereocenters. The monoisotopic (exact) mass is 386 g/mol. The average Bonchev–Trinajstić information content (AvgIpc) is 2.58. The fraction of sp³-hybridized carbons (Fsp3) is 0.368. The minimum Gasteiger partial charge on any atom is -0.493 e. The molecule has 0 aliphatic heterocycles. The van der Waals surface area contributed by atoms with Crippen LogP contribution in [0.1, 0.15) is 37.3 Å². The molecule has 0 atom stereocenters. The van der Waals surface area contributed by atoms with Crippen LogP contribution in [0, 0.1) is 6.92 Å². The first kappa shape index (κ1) is 20.4. The highest BCUT2D eigenvalue weighted by Crippen LogP contribution is 2.36. The summed E-state index contributed by atoms with van der Waals surface area (Å²) in [7, 11) is 0. The standard InChI is InChI=1S/C19H20ClF3NO2/c1-3-5-9-25-15-8-7-13(6-4-2)17(11-15)26-18-16(20)10-14(12-24-18)19(21,22)23/h7-8,10-12H,2-6,9H2,1H3. The highest BCUT2D eigenvalue weighted by Gasteiger charge is 2.31. The molecule has 0 aliphatic carbocycles. The first-order valence-corrected chi connectivity index (χ1v) is 8.68. The van der Waals surface area contributed by atoms with Gasteiger partial charge in [-0.1, -0.05) is 37.9 Å². The number of unbranched alkanes of at least 4 members (excludes halogenated alkanes) is 1. The maximum atomic E-state index is 12.7. The smallest absolute Gasteiger partial charge is 0.417 e. The molecule has 2 aromatic rings. The van der Waals surface area contributed by atoms with Gasteiger partial charge in [0.05, 0.1) is 12.2 Å². The number of hydrogen-bond donors (Lipinski definition) is 0. The van der Waals surface area contributed by atoms with Gasteiger partial charge in [-0.05, 0) is 37.0 Å². The van der Waals surface area contributed by atoms with E-state index in [2.05, 4.69) is 18.8 Å². The molecule has 1 aromatic carbocycles. The number of alkyl halides is 3. The second-order valence-electron chi connectivity index (χ2n) is 5.69. The summed E-state index contributed by atoms with van der Waals surface area (Å²) in [5.41, 5.74) is -0.0786. The Kier molecular flexibility index (Phi) is 7.14. The Balaban J connectivity index is 2.27. The van der Waals surface area contributed by atoms with Gasteiger partial charge < -0.3 is 9.47 Å². The van der Waals surface area contributed by atoms with Gasteiger partial charge in [0.2, 0.25) is 5.88 Å². The molecule has 3 nitrogen and oxygen atoms in total. The predicted molar refractivity (Wildman–Crippen MR) is 94.8 cm³/mol. The van der Waals surface area contributed by atoms with E-state index in [9.17, 15) is 13.2 Å². The molecule has 26 heavy (non-hydrogen) atoms. The molecule has 0 saturated heterocycles. The van der Waals surface area contributed by atoms with Crippen LogP contribution >= 0.6 is 11.6 Å². The fourth-order valence-corrected chi connectivity index (χ4v) is 2.42. The van der Waals surface area contributed by atoms with E-state index >= 15 is 0 Å². The zero-order valence-corrected chi connectivity index (χ0v) is 15.2. The molecular formula is C19H20ClF3NO2. The SMILES string of the molecule is [CH2]CCc1ccc(OCCCC)cc1Oc1ncc(C(F)(F)F)cc1Cl. The van der Waals surface area contributed by atoms with Gasteiger partial charge >= 0.3 is 6.18 Å². The Morgan fingerprint density at radius 2 is 2.00 bits per heavy atom. The normalized spacial score (nSPS) is 11.5. The van der Waals surface area contributed by atoms with E-state index in [0.29, 0.717) is 37.1 Å². The lowest BCUT2D eigenvalue weighted by molar-refractivity contribution is -0.137. The summed E-state index contributed by atoms with van der Waals surface area (Å²) in [6, 6.07) is 6.16. The molecular weight excluding hydrogens is 367 g/mol. The summed E-state index contributed by atoms with van der Waals surface area (Å²) < 4.78 is 49.5. The van der Waals surface area contributed by atoms with Crippen LogP contribution in [-0.2, 0) is 12.6 Å². The minimum absolute atomic E-state index is 0.0873. The molecule has 1 radical (unpaired) electrons. The number of ether oxygens (including phenoxy) is 2. The van der Waals surface area contributed by atoms with Crippen molar-refractivity contribution in [2.45, 2.75) is 38.8 Å². The second kappa shape index (κ2) is 9.12. The van der Waals surface area contributed by atoms with E-state index in [1.165, 1.54) is 0 Å². The Hall–Kier alpha value is -1.95. The van der Waals surface area contributed by atoms with Crippen molar-refractivity contribution >= 4 is 11.6 Å². The van der Waals surface area contributed by atoms with Crippen molar-refractivity contribution < 1.29 is 22.6 Å². The summed E-state index contributed by atoms with van der Waals surface area (Å²) in [4.78, 5) is 3.72. The number of aryl methyl sites for hydroxylation is 1. The number of nitrogens with zero attached hydrogens (tertiary/aromatic N) is 1. The van der Waals surface area contributed by atoms with Crippen LogP contribution in [0.3, 0.4) is 0 Å². The van der Waals surface area contributed by atoms with Gasteiger partial charge in [-0.15, -0.1) is 0 Å². The van der Waals surface area contributed by atoms with Crippen LogP contribution in [-0.4, -0.2) is 11.6 Å². The summed E-state index contributed by atoms with van der Waals surface area (Å²) in [5.74, 6) is 0.969. The van der Waals surface area contributed by atoms with Crippen molar-refractivity contribution in [3.05, 3.63) is 53.5 Å². The molecule has 0 bridgehead atoms. The quantitative estimate of drug-likeness (QED) is 0.486. The van der Waals surface area contributed by atoms with E-state index in [0.717, 1.165) is 24.5 Å². The lowest BCUT2D eigenvalue weighted by Gasteiger charge is -2.14. The molecule has 1 aromatic heterocycles. The van der Waals surface area contributed by atoms with E-state index in [4.69, 9.17) is 21.1 Å². The van der Waals surface area contributed by atoms with Crippen LogP contribution < -0.4 is 9.47 Å². The Labute approximate surface area is 156 Å². The van der Waals surface area contributed by atoms with Crippen LogP contribution in [0.5, 0.6) is 17.4 Å². The predicted octanol–water partition coefficient (Wildman–Crippen LogP) is 6.49. The lowest BCUT2D eigenvalue weighted by Crippen LogP contribution is -2.06. The number of pyridine rings is 1. The molecule has 1 heterocycles. The van der Waals surface area contributed by atoms with Crippen LogP contribution in [0.2, 0.25) is 5.02 Å². The number of aromatic nitrogens is 1. The van der Waals surface area contributed by atoms with Crippen LogP contribution in [0.15, 0.2) is 30.5 Å². The third kappa shape index (κ3) is 5.53. The van der Waals surface area contributed by atoms with Crippen molar-refractivity contribution in [1.82, 2.24) is 4.98 Å². The van der Waals surface area contributed by atoms with E-state index in [-0.39, 0.29) is 10.9 Å². The van der Waals surface area contributed by atoms with E-state index in [1.54, 1.807) is 6.07 Å². The largest absolute Gasteiger partial charge is 0.493 e. The van der Waals surface area contributed by atoms with Crippen molar-refractivity contribution in [2.75, 3.05) is 6.61 Å². The minimum atomic E-state index is -4.51. The highest BCUT2D eigenvalue weighted by atomic mass is 35.5. The van der Waals surface area contributed by atoms with Gasteiger partial charge in [-0.3, -0.25) is 0 Å².